The van der Waals surface area contributed by atoms with Gasteiger partial charge >= 0.3 is 0 Å². The molecule has 3 rings (SSSR count). The first kappa shape index (κ1) is 23.7. The molecular weight excluding hydrogens is 426 g/mol. The SMILES string of the molecule is CC(C)NS(=O)(=O)Cc1ccc(CNC(=O)/C=C/c2ccc(N3CCCC3=O)cc2)cc1. The molecule has 170 valence electrons. The first-order chi connectivity index (χ1) is 15.2. The highest BCUT2D eigenvalue weighted by Gasteiger charge is 2.21. The summed E-state index contributed by atoms with van der Waals surface area (Å²) < 4.78 is 26.6. The van der Waals surface area contributed by atoms with Gasteiger partial charge in [0.05, 0.1) is 5.75 Å². The first-order valence-electron chi connectivity index (χ1n) is 10.7. The van der Waals surface area contributed by atoms with E-state index < -0.39 is 10.0 Å². The first-order valence-corrected chi connectivity index (χ1v) is 12.3. The van der Waals surface area contributed by atoms with Gasteiger partial charge in [0, 0.05) is 37.3 Å². The second-order valence-electron chi connectivity index (χ2n) is 8.14. The van der Waals surface area contributed by atoms with Crippen LogP contribution in [0, 0.1) is 0 Å². The molecule has 0 aliphatic carbocycles. The minimum Gasteiger partial charge on any atom is -0.348 e. The van der Waals surface area contributed by atoms with E-state index in [1.807, 2.05) is 36.4 Å². The fourth-order valence-corrected chi connectivity index (χ4v) is 4.91. The third-order valence-corrected chi connectivity index (χ3v) is 6.51. The number of anilines is 1. The van der Waals surface area contributed by atoms with Crippen molar-refractivity contribution in [2.75, 3.05) is 11.4 Å². The predicted molar refractivity (Wildman–Crippen MR) is 126 cm³/mol. The molecule has 0 saturated carbocycles. The minimum atomic E-state index is -3.36. The second kappa shape index (κ2) is 10.6. The molecule has 0 radical (unpaired) electrons. The molecule has 7 nitrogen and oxygen atoms in total. The van der Waals surface area contributed by atoms with E-state index >= 15 is 0 Å². The van der Waals surface area contributed by atoms with Gasteiger partial charge in [-0.2, -0.15) is 0 Å². The van der Waals surface area contributed by atoms with Gasteiger partial charge in [-0.05, 0) is 55.2 Å². The van der Waals surface area contributed by atoms with Gasteiger partial charge in [-0.15, -0.1) is 0 Å². The van der Waals surface area contributed by atoms with Crippen LogP contribution in [-0.2, 0) is 31.9 Å². The van der Waals surface area contributed by atoms with E-state index in [4.69, 9.17) is 0 Å². The van der Waals surface area contributed by atoms with E-state index in [0.717, 1.165) is 29.8 Å². The summed E-state index contributed by atoms with van der Waals surface area (Å²) in [7, 11) is -3.36. The maximum absolute atomic E-state index is 12.1. The van der Waals surface area contributed by atoms with E-state index in [-0.39, 0.29) is 23.6 Å². The zero-order valence-corrected chi connectivity index (χ0v) is 19.2. The third-order valence-electron chi connectivity index (χ3n) is 4.97. The Labute approximate surface area is 189 Å². The molecule has 2 aromatic carbocycles. The van der Waals surface area contributed by atoms with Crippen LogP contribution < -0.4 is 14.9 Å². The number of sulfonamides is 1. The Balaban J connectivity index is 1.48. The topological polar surface area (TPSA) is 95.6 Å². The lowest BCUT2D eigenvalue weighted by Gasteiger charge is -2.15. The molecule has 0 aromatic heterocycles. The van der Waals surface area contributed by atoms with E-state index in [2.05, 4.69) is 10.0 Å². The van der Waals surface area contributed by atoms with Gasteiger partial charge in [0.25, 0.3) is 0 Å². The number of amides is 2. The molecule has 0 bridgehead atoms. The number of rotatable bonds is 9. The number of hydrogen-bond acceptors (Lipinski definition) is 4. The summed E-state index contributed by atoms with van der Waals surface area (Å²) in [5, 5.41) is 2.82. The van der Waals surface area contributed by atoms with Crippen molar-refractivity contribution < 1.29 is 18.0 Å². The van der Waals surface area contributed by atoms with Crippen molar-refractivity contribution in [2.24, 2.45) is 0 Å². The van der Waals surface area contributed by atoms with Crippen LogP contribution in [0.4, 0.5) is 5.69 Å². The highest BCUT2D eigenvalue weighted by atomic mass is 32.2. The number of nitrogens with zero attached hydrogens (tertiary/aromatic N) is 1. The normalized spacial score (nSPS) is 14.5. The van der Waals surface area contributed by atoms with Gasteiger partial charge in [0.15, 0.2) is 0 Å². The summed E-state index contributed by atoms with van der Waals surface area (Å²) in [6.45, 7) is 4.66. The van der Waals surface area contributed by atoms with E-state index in [9.17, 15) is 18.0 Å². The summed E-state index contributed by atoms with van der Waals surface area (Å²) in [4.78, 5) is 25.7. The maximum atomic E-state index is 12.1. The molecule has 2 N–H and O–H groups in total. The lowest BCUT2D eigenvalue weighted by molar-refractivity contribution is -0.117. The van der Waals surface area contributed by atoms with Crippen molar-refractivity contribution >= 4 is 33.6 Å². The zero-order chi connectivity index (χ0) is 23.1. The van der Waals surface area contributed by atoms with Gasteiger partial charge < -0.3 is 10.2 Å². The van der Waals surface area contributed by atoms with Crippen molar-refractivity contribution in [3.05, 3.63) is 71.3 Å². The fourth-order valence-electron chi connectivity index (χ4n) is 3.48. The summed E-state index contributed by atoms with van der Waals surface area (Å²) in [6, 6.07) is 14.5. The van der Waals surface area contributed by atoms with Crippen LogP contribution in [0.5, 0.6) is 0 Å². The van der Waals surface area contributed by atoms with Crippen LogP contribution >= 0.6 is 0 Å². The van der Waals surface area contributed by atoms with Crippen molar-refractivity contribution in [3.8, 4) is 0 Å². The standard InChI is InChI=1S/C24H29N3O4S/c1-18(2)26-32(30,31)17-21-7-5-20(6-8-21)16-25-23(28)14-11-19-9-12-22(13-10-19)27-15-3-4-24(27)29/h5-14,18,26H,3-4,15-17H2,1-2H3,(H,25,28)/b14-11+. The summed E-state index contributed by atoms with van der Waals surface area (Å²) in [5.41, 5.74) is 3.32. The van der Waals surface area contributed by atoms with Gasteiger partial charge in [-0.3, -0.25) is 9.59 Å². The van der Waals surface area contributed by atoms with Gasteiger partial charge in [-0.1, -0.05) is 36.4 Å². The number of hydrogen-bond donors (Lipinski definition) is 2. The Morgan fingerprint density at radius 2 is 1.72 bits per heavy atom. The number of benzene rings is 2. The molecule has 2 aromatic rings. The molecular formula is C24H29N3O4S. The second-order valence-corrected chi connectivity index (χ2v) is 9.89. The maximum Gasteiger partial charge on any atom is 0.244 e. The molecule has 0 spiro atoms. The Morgan fingerprint density at radius 1 is 1.06 bits per heavy atom. The summed E-state index contributed by atoms with van der Waals surface area (Å²) in [6.07, 6.45) is 4.67. The molecule has 1 saturated heterocycles. The van der Waals surface area contributed by atoms with Gasteiger partial charge in [0.2, 0.25) is 21.8 Å². The van der Waals surface area contributed by atoms with E-state index in [0.29, 0.717) is 18.5 Å². The lowest BCUT2D eigenvalue weighted by Crippen LogP contribution is -2.31. The predicted octanol–water partition coefficient (Wildman–Crippen LogP) is 2.97. The van der Waals surface area contributed by atoms with Crippen molar-refractivity contribution in [3.63, 3.8) is 0 Å². The summed E-state index contributed by atoms with van der Waals surface area (Å²) >= 11 is 0. The van der Waals surface area contributed by atoms with Crippen molar-refractivity contribution in [1.29, 1.82) is 0 Å². The minimum absolute atomic E-state index is 0.0781. The van der Waals surface area contributed by atoms with E-state index in [1.54, 1.807) is 37.0 Å². The Morgan fingerprint density at radius 3 is 2.31 bits per heavy atom. The number of carbonyl (C=O) groups excluding carboxylic acids is 2. The molecule has 2 amide bonds. The average Bonchev–Trinajstić information content (AvgIpc) is 3.16. The van der Waals surface area contributed by atoms with Crippen LogP contribution in [0.2, 0.25) is 0 Å². The summed E-state index contributed by atoms with van der Waals surface area (Å²) in [5.74, 6) is -0.156. The van der Waals surface area contributed by atoms with Gasteiger partial charge in [-0.25, -0.2) is 13.1 Å². The Kier molecular flexibility index (Phi) is 7.82. The molecule has 1 heterocycles. The average molecular weight is 456 g/mol. The van der Waals surface area contributed by atoms with Crippen molar-refractivity contribution in [2.45, 2.75) is 45.0 Å². The lowest BCUT2D eigenvalue weighted by atomic mass is 10.1. The van der Waals surface area contributed by atoms with Crippen LogP contribution in [0.15, 0.2) is 54.6 Å². The van der Waals surface area contributed by atoms with Crippen LogP contribution in [0.25, 0.3) is 6.08 Å². The van der Waals surface area contributed by atoms with Crippen LogP contribution in [-0.4, -0.2) is 32.8 Å². The highest BCUT2D eigenvalue weighted by molar-refractivity contribution is 7.88. The fraction of sp³-hybridized carbons (Fsp3) is 0.333. The number of carbonyl (C=O) groups is 2. The quantitative estimate of drug-likeness (QED) is 0.568. The largest absolute Gasteiger partial charge is 0.348 e. The molecule has 8 heteroatoms. The molecule has 0 unspecified atom stereocenters. The molecule has 0 atom stereocenters. The third kappa shape index (κ3) is 7.03. The monoisotopic (exact) mass is 455 g/mol. The van der Waals surface area contributed by atoms with E-state index in [1.165, 1.54) is 6.08 Å². The van der Waals surface area contributed by atoms with Crippen LogP contribution in [0.3, 0.4) is 0 Å². The van der Waals surface area contributed by atoms with Gasteiger partial charge in [0.1, 0.15) is 0 Å². The zero-order valence-electron chi connectivity index (χ0n) is 18.4. The molecule has 1 fully saturated rings. The molecule has 1 aliphatic rings. The Hall–Kier alpha value is -2.97. The van der Waals surface area contributed by atoms with Crippen LogP contribution in [0.1, 0.15) is 43.4 Å². The highest BCUT2D eigenvalue weighted by Crippen LogP contribution is 2.21. The Bertz CT molecular complexity index is 1080. The molecule has 32 heavy (non-hydrogen) atoms. The van der Waals surface area contributed by atoms with Crippen molar-refractivity contribution in [1.82, 2.24) is 10.0 Å². The molecule has 1 aliphatic heterocycles. The number of nitrogens with one attached hydrogen (secondary N) is 2. The smallest absolute Gasteiger partial charge is 0.244 e.